The standard InChI is InChI=1S/C25H32N6O3/c1-4-5-6-19-7-9-20(10-8-19)31-18(2)17-30-21-22(26-24(30)31)27(3)25(33)29(23(21)32)12-11-28-13-15-34-16-14-28/h7-10,17H,4-6,11-16H2,1-3H3. The number of hydrogen-bond acceptors (Lipinski definition) is 5. The van der Waals surface area contributed by atoms with E-state index in [9.17, 15) is 9.59 Å². The van der Waals surface area contributed by atoms with Crippen LogP contribution >= 0.6 is 0 Å². The minimum Gasteiger partial charge on any atom is -0.379 e. The summed E-state index contributed by atoms with van der Waals surface area (Å²) in [5.74, 6) is 0.631. The average Bonchev–Trinajstić information content (AvgIpc) is 3.37. The second kappa shape index (κ2) is 9.23. The Balaban J connectivity index is 1.57. The minimum absolute atomic E-state index is 0.300. The van der Waals surface area contributed by atoms with Crippen molar-refractivity contribution in [3.05, 3.63) is 62.6 Å². The van der Waals surface area contributed by atoms with E-state index in [1.54, 1.807) is 7.05 Å². The quantitative estimate of drug-likeness (QED) is 0.419. The van der Waals surface area contributed by atoms with E-state index in [0.717, 1.165) is 30.9 Å². The van der Waals surface area contributed by atoms with Gasteiger partial charge in [-0.2, -0.15) is 4.98 Å². The molecule has 0 unspecified atom stereocenters. The zero-order chi connectivity index (χ0) is 23.8. The van der Waals surface area contributed by atoms with Crippen molar-refractivity contribution in [2.24, 2.45) is 7.05 Å². The van der Waals surface area contributed by atoms with Gasteiger partial charge in [0.25, 0.3) is 5.56 Å². The number of fused-ring (bicyclic) bond motifs is 3. The number of imidazole rings is 2. The third kappa shape index (κ3) is 3.88. The zero-order valence-electron chi connectivity index (χ0n) is 20.2. The molecule has 1 aliphatic heterocycles. The third-order valence-corrected chi connectivity index (χ3v) is 6.78. The highest BCUT2D eigenvalue weighted by atomic mass is 16.5. The van der Waals surface area contributed by atoms with E-state index < -0.39 is 0 Å². The summed E-state index contributed by atoms with van der Waals surface area (Å²) in [6, 6.07) is 8.49. The molecule has 0 saturated carbocycles. The Morgan fingerprint density at radius 3 is 2.50 bits per heavy atom. The summed E-state index contributed by atoms with van der Waals surface area (Å²) in [5, 5.41) is 0. The van der Waals surface area contributed by atoms with Gasteiger partial charge in [0.1, 0.15) is 0 Å². The van der Waals surface area contributed by atoms with Crippen molar-refractivity contribution in [3.63, 3.8) is 0 Å². The van der Waals surface area contributed by atoms with E-state index in [1.807, 2.05) is 22.1 Å². The highest BCUT2D eigenvalue weighted by Gasteiger charge is 2.21. The third-order valence-electron chi connectivity index (χ3n) is 6.78. The molecular weight excluding hydrogens is 432 g/mol. The Kier molecular flexibility index (Phi) is 6.14. The number of benzene rings is 1. The number of aryl methyl sites for hydroxylation is 3. The highest BCUT2D eigenvalue weighted by Crippen LogP contribution is 2.21. The van der Waals surface area contributed by atoms with Gasteiger partial charge in [0.15, 0.2) is 11.2 Å². The van der Waals surface area contributed by atoms with E-state index in [-0.39, 0.29) is 11.2 Å². The van der Waals surface area contributed by atoms with E-state index in [2.05, 4.69) is 36.1 Å². The van der Waals surface area contributed by atoms with Gasteiger partial charge in [0.05, 0.1) is 13.2 Å². The number of hydrogen-bond donors (Lipinski definition) is 0. The summed E-state index contributed by atoms with van der Waals surface area (Å²) in [6.07, 6.45) is 5.33. The van der Waals surface area contributed by atoms with Gasteiger partial charge < -0.3 is 4.74 Å². The summed E-state index contributed by atoms with van der Waals surface area (Å²) in [4.78, 5) is 33.5. The van der Waals surface area contributed by atoms with Crippen molar-refractivity contribution >= 4 is 16.9 Å². The van der Waals surface area contributed by atoms with Crippen molar-refractivity contribution in [1.82, 2.24) is 28.0 Å². The molecule has 180 valence electrons. The first kappa shape index (κ1) is 22.6. The smallest absolute Gasteiger partial charge is 0.332 e. The fourth-order valence-electron chi connectivity index (χ4n) is 4.79. The molecule has 1 saturated heterocycles. The van der Waals surface area contributed by atoms with Crippen molar-refractivity contribution < 1.29 is 4.74 Å². The molecule has 1 aliphatic rings. The Hall–Kier alpha value is -3.17. The lowest BCUT2D eigenvalue weighted by Gasteiger charge is -2.26. The van der Waals surface area contributed by atoms with Crippen LogP contribution in [0.15, 0.2) is 40.1 Å². The second-order valence-corrected chi connectivity index (χ2v) is 9.08. The van der Waals surface area contributed by atoms with Gasteiger partial charge in [0, 0.05) is 50.8 Å². The monoisotopic (exact) mass is 464 g/mol. The van der Waals surface area contributed by atoms with E-state index in [0.29, 0.717) is 43.2 Å². The SMILES string of the molecule is CCCCc1ccc(-n2c(C)cn3c4c(=O)n(CCN5CCOCC5)c(=O)n(C)c4nc23)cc1. The molecule has 0 atom stereocenters. The Morgan fingerprint density at radius 2 is 1.79 bits per heavy atom. The maximum Gasteiger partial charge on any atom is 0.332 e. The second-order valence-electron chi connectivity index (χ2n) is 9.08. The molecule has 3 aromatic heterocycles. The Morgan fingerprint density at radius 1 is 1.06 bits per heavy atom. The maximum absolute atomic E-state index is 13.5. The van der Waals surface area contributed by atoms with Crippen LogP contribution in [0.1, 0.15) is 31.0 Å². The highest BCUT2D eigenvalue weighted by molar-refractivity contribution is 5.76. The van der Waals surface area contributed by atoms with E-state index in [1.165, 1.54) is 27.5 Å². The lowest BCUT2D eigenvalue weighted by Crippen LogP contribution is -2.44. The first-order chi connectivity index (χ1) is 16.5. The van der Waals surface area contributed by atoms with Gasteiger partial charge >= 0.3 is 5.69 Å². The molecule has 0 N–H and O–H groups in total. The number of rotatable bonds is 7. The van der Waals surface area contributed by atoms with Crippen LogP contribution in [0.4, 0.5) is 0 Å². The lowest BCUT2D eigenvalue weighted by atomic mass is 10.1. The predicted octanol–water partition coefficient (Wildman–Crippen LogP) is 2.12. The summed E-state index contributed by atoms with van der Waals surface area (Å²) in [5.41, 5.74) is 3.47. The summed E-state index contributed by atoms with van der Waals surface area (Å²) in [6.45, 7) is 8.17. The summed E-state index contributed by atoms with van der Waals surface area (Å²) < 4.78 is 12.1. The fraction of sp³-hybridized carbons (Fsp3) is 0.480. The zero-order valence-corrected chi connectivity index (χ0v) is 20.2. The average molecular weight is 465 g/mol. The van der Waals surface area contributed by atoms with Gasteiger partial charge in [-0.15, -0.1) is 0 Å². The van der Waals surface area contributed by atoms with Crippen molar-refractivity contribution in [1.29, 1.82) is 0 Å². The number of unbranched alkanes of at least 4 members (excludes halogenated alkanes) is 1. The van der Waals surface area contributed by atoms with Gasteiger partial charge in [0.2, 0.25) is 5.78 Å². The van der Waals surface area contributed by atoms with Crippen LogP contribution < -0.4 is 11.2 Å². The van der Waals surface area contributed by atoms with Crippen LogP contribution in [0.5, 0.6) is 0 Å². The van der Waals surface area contributed by atoms with Crippen LogP contribution in [-0.4, -0.2) is 60.8 Å². The largest absolute Gasteiger partial charge is 0.379 e. The van der Waals surface area contributed by atoms with Crippen LogP contribution in [-0.2, 0) is 24.8 Å². The molecule has 0 aliphatic carbocycles. The van der Waals surface area contributed by atoms with E-state index in [4.69, 9.17) is 9.72 Å². The summed E-state index contributed by atoms with van der Waals surface area (Å²) >= 11 is 0. The van der Waals surface area contributed by atoms with Gasteiger partial charge in [-0.25, -0.2) is 4.79 Å². The molecule has 9 heteroatoms. The van der Waals surface area contributed by atoms with Gasteiger partial charge in [-0.05, 0) is 37.5 Å². The fourth-order valence-corrected chi connectivity index (χ4v) is 4.79. The van der Waals surface area contributed by atoms with Crippen molar-refractivity contribution in [3.8, 4) is 5.69 Å². The van der Waals surface area contributed by atoms with Crippen LogP contribution in [0, 0.1) is 6.92 Å². The molecular formula is C25H32N6O3. The van der Waals surface area contributed by atoms with Gasteiger partial charge in [-0.3, -0.25) is 27.8 Å². The Bertz CT molecular complexity index is 1430. The number of aromatic nitrogens is 5. The molecule has 5 rings (SSSR count). The van der Waals surface area contributed by atoms with Crippen molar-refractivity contribution in [2.45, 2.75) is 39.7 Å². The normalized spacial score (nSPS) is 15.0. The molecule has 1 aromatic carbocycles. The molecule has 34 heavy (non-hydrogen) atoms. The van der Waals surface area contributed by atoms with Crippen LogP contribution in [0.2, 0.25) is 0 Å². The lowest BCUT2D eigenvalue weighted by molar-refractivity contribution is 0.0361. The predicted molar refractivity (Wildman–Crippen MR) is 132 cm³/mol. The molecule has 0 bridgehead atoms. The van der Waals surface area contributed by atoms with E-state index >= 15 is 0 Å². The molecule has 0 amide bonds. The summed E-state index contributed by atoms with van der Waals surface area (Å²) in [7, 11) is 1.68. The molecule has 1 fully saturated rings. The molecule has 4 heterocycles. The first-order valence-corrected chi connectivity index (χ1v) is 12.1. The van der Waals surface area contributed by atoms with Crippen LogP contribution in [0.3, 0.4) is 0 Å². The number of ether oxygens (including phenoxy) is 1. The van der Waals surface area contributed by atoms with Gasteiger partial charge in [-0.1, -0.05) is 25.5 Å². The van der Waals surface area contributed by atoms with Crippen LogP contribution in [0.25, 0.3) is 22.6 Å². The molecule has 4 aromatic rings. The number of morpholine rings is 1. The topological polar surface area (TPSA) is 78.7 Å². The molecule has 9 nitrogen and oxygen atoms in total. The number of nitrogens with zero attached hydrogens (tertiary/aromatic N) is 6. The molecule has 0 radical (unpaired) electrons. The maximum atomic E-state index is 13.5. The first-order valence-electron chi connectivity index (χ1n) is 12.1. The van der Waals surface area contributed by atoms with Crippen molar-refractivity contribution in [2.75, 3.05) is 32.8 Å². The molecule has 0 spiro atoms. The minimum atomic E-state index is -0.338. The Labute approximate surface area is 197 Å².